The molecular weight excluding hydrogens is 232 g/mol. The van der Waals surface area contributed by atoms with Gasteiger partial charge < -0.3 is 4.90 Å². The molecule has 1 heterocycles. The monoisotopic (exact) mass is 258 g/mol. The second-order valence-corrected chi connectivity index (χ2v) is 6.85. The maximum Gasteiger partial charge on any atom is 0.106 e. The van der Waals surface area contributed by atoms with E-state index in [1.807, 2.05) is 0 Å². The fourth-order valence-electron chi connectivity index (χ4n) is 2.87. The number of hydrogen-bond donors (Lipinski definition) is 1. The summed E-state index contributed by atoms with van der Waals surface area (Å²) in [6.07, 6.45) is 5.79. The Balaban J connectivity index is 2.13. The molecule has 1 unspecified atom stereocenters. The third kappa shape index (κ3) is 3.60. The van der Waals surface area contributed by atoms with Gasteiger partial charge in [0, 0.05) is 19.3 Å². The highest BCUT2D eigenvalue weighted by atomic mass is 15.2. The number of benzene rings is 1. The van der Waals surface area contributed by atoms with E-state index >= 15 is 0 Å². The highest BCUT2D eigenvalue weighted by Gasteiger charge is 2.24. The molecule has 0 spiro atoms. The fourth-order valence-corrected chi connectivity index (χ4v) is 2.87. The second kappa shape index (κ2) is 5.38. The van der Waals surface area contributed by atoms with E-state index in [0.717, 1.165) is 0 Å². The predicted octanol–water partition coefficient (Wildman–Crippen LogP) is 4.02. The molecule has 104 valence electrons. The van der Waals surface area contributed by atoms with Gasteiger partial charge in [0.1, 0.15) is 6.17 Å². The molecule has 1 aliphatic rings. The molecule has 0 fully saturated rings. The number of fused-ring (bicyclic) bond motifs is 1. The van der Waals surface area contributed by atoms with Crippen LogP contribution in [0.1, 0.15) is 51.4 Å². The Morgan fingerprint density at radius 2 is 1.95 bits per heavy atom. The largest absolute Gasteiger partial charge is 0.361 e. The van der Waals surface area contributed by atoms with Crippen LogP contribution in [0.2, 0.25) is 0 Å². The first-order valence-electron chi connectivity index (χ1n) is 7.12. The fraction of sp³-hybridized carbons (Fsp3) is 0.529. The topological polar surface area (TPSA) is 15.3 Å². The van der Waals surface area contributed by atoms with Crippen molar-refractivity contribution in [1.82, 2.24) is 10.2 Å². The lowest BCUT2D eigenvalue weighted by molar-refractivity contribution is 0.223. The summed E-state index contributed by atoms with van der Waals surface area (Å²) >= 11 is 0. The van der Waals surface area contributed by atoms with Gasteiger partial charge in [-0.15, -0.1) is 0 Å². The van der Waals surface area contributed by atoms with E-state index in [1.165, 1.54) is 17.5 Å². The van der Waals surface area contributed by atoms with E-state index in [-0.39, 0.29) is 6.17 Å². The van der Waals surface area contributed by atoms with E-state index < -0.39 is 0 Å². The molecule has 0 aliphatic carbocycles. The quantitative estimate of drug-likeness (QED) is 0.881. The van der Waals surface area contributed by atoms with Gasteiger partial charge in [-0.3, -0.25) is 5.32 Å². The zero-order valence-electron chi connectivity index (χ0n) is 12.8. The summed E-state index contributed by atoms with van der Waals surface area (Å²) in [6.45, 7) is 9.16. The lowest BCUT2D eigenvalue weighted by Crippen LogP contribution is -2.41. The molecule has 0 bridgehead atoms. The van der Waals surface area contributed by atoms with Gasteiger partial charge >= 0.3 is 0 Å². The lowest BCUT2D eigenvalue weighted by Gasteiger charge is -2.36. The molecule has 1 aromatic rings. The SMILES string of the molecule is C[C@H](CC(C)(C)C)NC1c2ccccc2C=CN1C. The molecule has 2 atom stereocenters. The summed E-state index contributed by atoms with van der Waals surface area (Å²) in [4.78, 5) is 2.25. The van der Waals surface area contributed by atoms with Crippen molar-refractivity contribution >= 4 is 6.08 Å². The van der Waals surface area contributed by atoms with Gasteiger partial charge in [-0.05, 0) is 36.0 Å². The average molecular weight is 258 g/mol. The first kappa shape index (κ1) is 14.1. The summed E-state index contributed by atoms with van der Waals surface area (Å²) in [5.74, 6) is 0. The van der Waals surface area contributed by atoms with E-state index in [1.54, 1.807) is 0 Å². The zero-order valence-corrected chi connectivity index (χ0v) is 12.8. The second-order valence-electron chi connectivity index (χ2n) is 6.85. The van der Waals surface area contributed by atoms with Crippen LogP contribution >= 0.6 is 0 Å². The molecule has 2 nitrogen and oxygen atoms in total. The molecular formula is C17H26N2. The Kier molecular flexibility index (Phi) is 4.00. The molecule has 0 saturated heterocycles. The van der Waals surface area contributed by atoms with Gasteiger partial charge in [-0.2, -0.15) is 0 Å². The van der Waals surface area contributed by atoms with E-state index in [2.05, 4.69) is 81.5 Å². The molecule has 1 aliphatic heterocycles. The van der Waals surface area contributed by atoms with Gasteiger partial charge in [-0.1, -0.05) is 45.0 Å². The lowest BCUT2D eigenvalue weighted by atomic mass is 9.88. The molecule has 2 heteroatoms. The maximum atomic E-state index is 3.76. The van der Waals surface area contributed by atoms with Crippen LogP contribution < -0.4 is 5.32 Å². The van der Waals surface area contributed by atoms with Crippen molar-refractivity contribution in [3.63, 3.8) is 0 Å². The standard InChI is InChI=1S/C17H26N2/c1-13(12-17(2,3)4)18-16-15-9-7-6-8-14(15)10-11-19(16)5/h6-11,13,16,18H,12H2,1-5H3/t13-,16?/m1/s1. The van der Waals surface area contributed by atoms with E-state index in [9.17, 15) is 0 Å². The normalized spacial score (nSPS) is 20.3. The van der Waals surface area contributed by atoms with Crippen molar-refractivity contribution in [2.45, 2.75) is 46.3 Å². The van der Waals surface area contributed by atoms with Gasteiger partial charge in [0.25, 0.3) is 0 Å². The minimum atomic E-state index is 0.276. The zero-order chi connectivity index (χ0) is 14.0. The van der Waals surface area contributed by atoms with E-state index in [0.29, 0.717) is 11.5 Å². The van der Waals surface area contributed by atoms with Crippen LogP contribution in [0.4, 0.5) is 0 Å². The molecule has 19 heavy (non-hydrogen) atoms. The first-order chi connectivity index (χ1) is 8.87. The van der Waals surface area contributed by atoms with Crippen LogP contribution in [0.15, 0.2) is 30.5 Å². The Morgan fingerprint density at radius 3 is 2.63 bits per heavy atom. The van der Waals surface area contributed by atoms with Crippen molar-refractivity contribution in [3.05, 3.63) is 41.6 Å². The molecule has 2 rings (SSSR count). The van der Waals surface area contributed by atoms with Crippen molar-refractivity contribution in [2.75, 3.05) is 7.05 Å². The number of hydrogen-bond acceptors (Lipinski definition) is 2. The maximum absolute atomic E-state index is 3.76. The highest BCUT2D eigenvalue weighted by Crippen LogP contribution is 2.29. The third-order valence-corrected chi connectivity index (χ3v) is 3.55. The molecule has 0 amide bonds. The summed E-state index contributed by atoms with van der Waals surface area (Å²) in [5, 5.41) is 3.76. The Hall–Kier alpha value is -1.28. The van der Waals surface area contributed by atoms with Crippen molar-refractivity contribution < 1.29 is 0 Å². The van der Waals surface area contributed by atoms with Gasteiger partial charge in [-0.25, -0.2) is 0 Å². The number of rotatable bonds is 3. The number of nitrogens with zero attached hydrogens (tertiary/aromatic N) is 1. The molecule has 1 N–H and O–H groups in total. The van der Waals surface area contributed by atoms with Crippen LogP contribution in [0.5, 0.6) is 0 Å². The molecule has 1 aromatic carbocycles. The first-order valence-corrected chi connectivity index (χ1v) is 7.12. The van der Waals surface area contributed by atoms with E-state index in [4.69, 9.17) is 0 Å². The summed E-state index contributed by atoms with van der Waals surface area (Å²) in [6, 6.07) is 9.12. The van der Waals surface area contributed by atoms with Crippen LogP contribution in [0.3, 0.4) is 0 Å². The van der Waals surface area contributed by atoms with Crippen molar-refractivity contribution in [3.8, 4) is 0 Å². The Bertz CT molecular complexity index is 457. The molecule has 0 saturated carbocycles. The van der Waals surface area contributed by atoms with Crippen LogP contribution in [0, 0.1) is 5.41 Å². The van der Waals surface area contributed by atoms with Gasteiger partial charge in [0.15, 0.2) is 0 Å². The van der Waals surface area contributed by atoms with Gasteiger partial charge in [0.2, 0.25) is 0 Å². The smallest absolute Gasteiger partial charge is 0.106 e. The third-order valence-electron chi connectivity index (χ3n) is 3.55. The predicted molar refractivity (Wildman–Crippen MR) is 82.6 cm³/mol. The summed E-state index contributed by atoms with van der Waals surface area (Å²) in [5.41, 5.74) is 3.05. The molecule has 0 radical (unpaired) electrons. The summed E-state index contributed by atoms with van der Waals surface area (Å²) < 4.78 is 0. The van der Waals surface area contributed by atoms with Gasteiger partial charge in [0.05, 0.1) is 0 Å². The van der Waals surface area contributed by atoms with Crippen LogP contribution in [-0.2, 0) is 0 Å². The minimum Gasteiger partial charge on any atom is -0.361 e. The number of nitrogens with one attached hydrogen (secondary N) is 1. The highest BCUT2D eigenvalue weighted by molar-refractivity contribution is 5.56. The van der Waals surface area contributed by atoms with Crippen LogP contribution in [0.25, 0.3) is 6.08 Å². The Morgan fingerprint density at radius 1 is 1.26 bits per heavy atom. The minimum absolute atomic E-state index is 0.276. The van der Waals surface area contributed by atoms with Crippen LogP contribution in [-0.4, -0.2) is 18.0 Å². The van der Waals surface area contributed by atoms with Crippen molar-refractivity contribution in [2.24, 2.45) is 5.41 Å². The Labute approximate surface area is 117 Å². The van der Waals surface area contributed by atoms with Crippen molar-refractivity contribution in [1.29, 1.82) is 0 Å². The average Bonchev–Trinajstić information content (AvgIpc) is 2.31. The summed E-state index contributed by atoms with van der Waals surface area (Å²) in [7, 11) is 2.13. The molecule has 0 aromatic heterocycles.